The lowest BCUT2D eigenvalue weighted by Gasteiger charge is -2.07. The molecule has 2 N–H and O–H groups in total. The van der Waals surface area contributed by atoms with Crippen molar-refractivity contribution in [1.29, 1.82) is 0 Å². The van der Waals surface area contributed by atoms with Gasteiger partial charge in [0.1, 0.15) is 5.82 Å². The number of anilines is 1. The molecule has 2 aromatic heterocycles. The molecular formula is C19H18FN5O. The van der Waals surface area contributed by atoms with Gasteiger partial charge in [0.25, 0.3) is 5.91 Å². The molecule has 3 aromatic rings. The second kappa shape index (κ2) is 8.66. The van der Waals surface area contributed by atoms with Crippen molar-refractivity contribution in [2.75, 3.05) is 11.9 Å². The number of pyridine rings is 1. The Morgan fingerprint density at radius 1 is 1.04 bits per heavy atom. The molecule has 0 radical (unpaired) electrons. The topological polar surface area (TPSA) is 79.8 Å². The number of halogens is 1. The number of rotatable bonds is 7. The molecule has 132 valence electrons. The Labute approximate surface area is 150 Å². The van der Waals surface area contributed by atoms with Crippen molar-refractivity contribution in [2.45, 2.75) is 13.0 Å². The van der Waals surface area contributed by atoms with Gasteiger partial charge in [0.15, 0.2) is 0 Å². The fourth-order valence-electron chi connectivity index (χ4n) is 2.33. The van der Waals surface area contributed by atoms with Gasteiger partial charge in [-0.2, -0.15) is 0 Å². The number of carbonyl (C=O) groups is 1. The highest BCUT2D eigenvalue weighted by Crippen LogP contribution is 2.07. The molecule has 1 aromatic carbocycles. The SMILES string of the molecule is O=C(NCCc1ccccc1F)c1cnc(NCc2ccncc2)nc1. The second-order valence-electron chi connectivity index (χ2n) is 5.60. The summed E-state index contributed by atoms with van der Waals surface area (Å²) in [5.74, 6) is -0.124. The number of aromatic nitrogens is 3. The van der Waals surface area contributed by atoms with Crippen molar-refractivity contribution in [3.05, 3.63) is 83.7 Å². The molecule has 6 nitrogen and oxygen atoms in total. The Bertz CT molecular complexity index is 855. The van der Waals surface area contributed by atoms with Gasteiger partial charge in [0, 0.05) is 37.9 Å². The van der Waals surface area contributed by atoms with Gasteiger partial charge in [-0.25, -0.2) is 14.4 Å². The van der Waals surface area contributed by atoms with Crippen LogP contribution in [0.4, 0.5) is 10.3 Å². The molecule has 0 atom stereocenters. The molecule has 0 saturated heterocycles. The summed E-state index contributed by atoms with van der Waals surface area (Å²) in [4.78, 5) is 24.3. The quantitative estimate of drug-likeness (QED) is 0.684. The summed E-state index contributed by atoms with van der Waals surface area (Å²) in [5.41, 5.74) is 1.98. The maximum absolute atomic E-state index is 13.5. The molecule has 0 unspecified atom stereocenters. The highest BCUT2D eigenvalue weighted by Gasteiger charge is 2.08. The van der Waals surface area contributed by atoms with Crippen LogP contribution in [-0.2, 0) is 13.0 Å². The van der Waals surface area contributed by atoms with E-state index in [9.17, 15) is 9.18 Å². The van der Waals surface area contributed by atoms with E-state index in [0.29, 0.717) is 36.6 Å². The number of hydrogen-bond donors (Lipinski definition) is 2. The van der Waals surface area contributed by atoms with Gasteiger partial charge in [0.05, 0.1) is 5.56 Å². The first-order valence-electron chi connectivity index (χ1n) is 8.19. The van der Waals surface area contributed by atoms with Crippen molar-refractivity contribution < 1.29 is 9.18 Å². The zero-order valence-corrected chi connectivity index (χ0v) is 14.0. The molecule has 0 fully saturated rings. The van der Waals surface area contributed by atoms with Gasteiger partial charge in [-0.05, 0) is 35.7 Å². The molecule has 0 spiro atoms. The summed E-state index contributed by atoms with van der Waals surface area (Å²) in [6.07, 6.45) is 6.77. The zero-order valence-electron chi connectivity index (χ0n) is 14.0. The number of carbonyl (C=O) groups excluding carboxylic acids is 1. The summed E-state index contributed by atoms with van der Waals surface area (Å²) in [6.45, 7) is 0.901. The van der Waals surface area contributed by atoms with E-state index in [1.54, 1.807) is 30.6 Å². The molecular weight excluding hydrogens is 333 g/mol. The average Bonchev–Trinajstić information content (AvgIpc) is 2.69. The van der Waals surface area contributed by atoms with Crippen LogP contribution in [-0.4, -0.2) is 27.4 Å². The van der Waals surface area contributed by atoms with Gasteiger partial charge in [0.2, 0.25) is 5.95 Å². The summed E-state index contributed by atoms with van der Waals surface area (Å²) in [6, 6.07) is 10.3. The maximum atomic E-state index is 13.5. The molecule has 26 heavy (non-hydrogen) atoms. The van der Waals surface area contributed by atoms with Crippen LogP contribution in [0.25, 0.3) is 0 Å². The van der Waals surface area contributed by atoms with Crippen molar-refractivity contribution in [2.24, 2.45) is 0 Å². The van der Waals surface area contributed by atoms with Crippen LogP contribution in [0.5, 0.6) is 0 Å². The molecule has 7 heteroatoms. The van der Waals surface area contributed by atoms with Crippen LogP contribution < -0.4 is 10.6 Å². The van der Waals surface area contributed by atoms with Crippen molar-refractivity contribution in [3.8, 4) is 0 Å². The van der Waals surface area contributed by atoms with E-state index >= 15 is 0 Å². The lowest BCUT2D eigenvalue weighted by atomic mass is 10.1. The first kappa shape index (κ1) is 17.5. The van der Waals surface area contributed by atoms with Crippen molar-refractivity contribution >= 4 is 11.9 Å². The third-order valence-electron chi connectivity index (χ3n) is 3.75. The minimum Gasteiger partial charge on any atom is -0.352 e. The lowest BCUT2D eigenvalue weighted by molar-refractivity contribution is 0.0953. The Balaban J connectivity index is 1.48. The Morgan fingerprint density at radius 3 is 2.50 bits per heavy atom. The molecule has 0 saturated carbocycles. The number of benzene rings is 1. The molecule has 0 bridgehead atoms. The molecule has 0 aliphatic rings. The Morgan fingerprint density at radius 2 is 1.77 bits per heavy atom. The van der Waals surface area contributed by atoms with Gasteiger partial charge in [-0.1, -0.05) is 18.2 Å². The standard InChI is InChI=1S/C19H18FN5O/c20-17-4-2-1-3-15(17)7-10-22-18(26)16-12-24-19(25-13-16)23-11-14-5-8-21-9-6-14/h1-6,8-9,12-13H,7,10-11H2,(H,22,26)(H,23,24,25). The van der Waals surface area contributed by atoms with Crippen LogP contribution in [0.1, 0.15) is 21.5 Å². The Hall–Kier alpha value is -3.35. The first-order valence-corrected chi connectivity index (χ1v) is 8.19. The van der Waals surface area contributed by atoms with Gasteiger partial charge < -0.3 is 10.6 Å². The van der Waals surface area contributed by atoms with Crippen LogP contribution in [0, 0.1) is 5.82 Å². The predicted octanol–water partition coefficient (Wildman–Crippen LogP) is 2.60. The van der Waals surface area contributed by atoms with E-state index in [0.717, 1.165) is 5.56 Å². The molecule has 1 amide bonds. The van der Waals surface area contributed by atoms with Crippen LogP contribution in [0.15, 0.2) is 61.2 Å². The highest BCUT2D eigenvalue weighted by atomic mass is 19.1. The second-order valence-corrected chi connectivity index (χ2v) is 5.60. The van der Waals surface area contributed by atoms with E-state index < -0.39 is 0 Å². The molecule has 3 rings (SSSR count). The third kappa shape index (κ3) is 4.83. The summed E-state index contributed by atoms with van der Waals surface area (Å²) >= 11 is 0. The van der Waals surface area contributed by atoms with E-state index in [2.05, 4.69) is 25.6 Å². The monoisotopic (exact) mass is 351 g/mol. The van der Waals surface area contributed by atoms with Gasteiger partial charge >= 0.3 is 0 Å². The highest BCUT2D eigenvalue weighted by molar-refractivity contribution is 5.93. The van der Waals surface area contributed by atoms with Crippen LogP contribution in [0.3, 0.4) is 0 Å². The summed E-state index contributed by atoms with van der Waals surface area (Å²) < 4.78 is 13.5. The van der Waals surface area contributed by atoms with Crippen LogP contribution in [0.2, 0.25) is 0 Å². The molecule has 0 aliphatic heterocycles. The van der Waals surface area contributed by atoms with E-state index in [1.165, 1.54) is 18.5 Å². The average molecular weight is 351 g/mol. The smallest absolute Gasteiger partial charge is 0.254 e. The molecule has 0 aliphatic carbocycles. The minimum absolute atomic E-state index is 0.269. The Kier molecular flexibility index (Phi) is 5.82. The van der Waals surface area contributed by atoms with Gasteiger partial charge in [-0.15, -0.1) is 0 Å². The number of hydrogen-bond acceptors (Lipinski definition) is 5. The number of amides is 1. The molecule has 2 heterocycles. The minimum atomic E-state index is -0.290. The van der Waals surface area contributed by atoms with Gasteiger partial charge in [-0.3, -0.25) is 9.78 Å². The predicted molar refractivity (Wildman–Crippen MR) is 96.0 cm³/mol. The summed E-state index contributed by atoms with van der Waals surface area (Å²) in [7, 11) is 0. The van der Waals surface area contributed by atoms with E-state index in [1.807, 2.05) is 12.1 Å². The summed E-state index contributed by atoms with van der Waals surface area (Å²) in [5, 5.41) is 5.81. The fraction of sp³-hybridized carbons (Fsp3) is 0.158. The van der Waals surface area contributed by atoms with Crippen LogP contribution >= 0.6 is 0 Å². The normalized spacial score (nSPS) is 10.3. The first-order chi connectivity index (χ1) is 12.7. The maximum Gasteiger partial charge on any atom is 0.254 e. The fourth-order valence-corrected chi connectivity index (χ4v) is 2.33. The number of nitrogens with zero attached hydrogens (tertiary/aromatic N) is 3. The largest absolute Gasteiger partial charge is 0.352 e. The van der Waals surface area contributed by atoms with E-state index in [4.69, 9.17) is 0 Å². The van der Waals surface area contributed by atoms with Crippen molar-refractivity contribution in [1.82, 2.24) is 20.3 Å². The third-order valence-corrected chi connectivity index (χ3v) is 3.75. The van der Waals surface area contributed by atoms with E-state index in [-0.39, 0.29) is 11.7 Å². The van der Waals surface area contributed by atoms with Crippen molar-refractivity contribution in [3.63, 3.8) is 0 Å². The lowest BCUT2D eigenvalue weighted by Crippen LogP contribution is -2.26. The number of nitrogens with one attached hydrogen (secondary N) is 2. The zero-order chi connectivity index (χ0) is 18.2.